The number of methoxy groups -OCH3 is 1. The Kier molecular flexibility index (Phi) is 14.1. The fourth-order valence-corrected chi connectivity index (χ4v) is 4.84. The Labute approximate surface area is 175 Å². The van der Waals surface area contributed by atoms with E-state index in [9.17, 15) is 9.59 Å². The van der Waals surface area contributed by atoms with Gasteiger partial charge in [0.25, 0.3) is 0 Å². The van der Waals surface area contributed by atoms with Crippen LogP contribution < -0.4 is 0 Å². The van der Waals surface area contributed by atoms with E-state index >= 15 is 0 Å². The maximum atomic E-state index is 12.6. The summed E-state index contributed by atoms with van der Waals surface area (Å²) < 4.78 is 4.64. The first kappa shape index (κ1) is 25.0. The summed E-state index contributed by atoms with van der Waals surface area (Å²) in [7, 11) is 1.41. The highest BCUT2D eigenvalue weighted by Crippen LogP contribution is 2.40. The van der Waals surface area contributed by atoms with Crippen molar-refractivity contribution in [2.24, 2.45) is 11.8 Å². The van der Waals surface area contributed by atoms with Crippen LogP contribution in [-0.2, 0) is 14.3 Å². The monoisotopic (exact) mass is 410 g/mol. The third-order valence-electron chi connectivity index (χ3n) is 5.25. The molecule has 0 aliphatic heterocycles. The molecule has 0 aromatic rings. The van der Waals surface area contributed by atoms with Crippen molar-refractivity contribution < 1.29 is 19.4 Å². The van der Waals surface area contributed by atoms with Gasteiger partial charge >= 0.3 is 5.97 Å². The Morgan fingerprint density at radius 1 is 1.18 bits per heavy atom. The second-order valence-electron chi connectivity index (χ2n) is 7.44. The first-order valence-corrected chi connectivity index (χ1v) is 11.8. The van der Waals surface area contributed by atoms with E-state index < -0.39 is 0 Å². The zero-order valence-corrected chi connectivity index (χ0v) is 18.4. The molecule has 1 saturated carbocycles. The lowest BCUT2D eigenvalue weighted by molar-refractivity contribution is -0.140. The number of carbonyl (C=O) groups excluding carboxylic acids is 2. The van der Waals surface area contributed by atoms with Gasteiger partial charge in [0.2, 0.25) is 0 Å². The van der Waals surface area contributed by atoms with Crippen molar-refractivity contribution in [3.63, 3.8) is 0 Å². The number of carbonyl (C=O) groups is 2. The fourth-order valence-electron chi connectivity index (χ4n) is 3.65. The number of ether oxygens (including phenoxy) is 1. The van der Waals surface area contributed by atoms with Gasteiger partial charge in [-0.3, -0.25) is 9.59 Å². The van der Waals surface area contributed by atoms with E-state index in [2.05, 4.69) is 36.0 Å². The van der Waals surface area contributed by atoms with Crippen LogP contribution in [0.3, 0.4) is 0 Å². The van der Waals surface area contributed by atoms with Crippen molar-refractivity contribution in [1.29, 1.82) is 0 Å². The van der Waals surface area contributed by atoms with E-state index in [1.54, 1.807) is 11.8 Å². The number of hydrogen-bond donors (Lipinski definition) is 1. The van der Waals surface area contributed by atoms with E-state index in [-0.39, 0.29) is 29.7 Å². The third kappa shape index (κ3) is 9.92. The fraction of sp³-hybridized carbons (Fsp3) is 0.739. The molecule has 160 valence electrons. The molecule has 3 atom stereocenters. The second kappa shape index (κ2) is 15.8. The highest BCUT2D eigenvalue weighted by molar-refractivity contribution is 8.00. The van der Waals surface area contributed by atoms with Crippen LogP contribution in [0.25, 0.3) is 0 Å². The Balaban J connectivity index is 2.54. The topological polar surface area (TPSA) is 63.6 Å². The second-order valence-corrected chi connectivity index (χ2v) is 8.79. The highest BCUT2D eigenvalue weighted by atomic mass is 32.2. The predicted octanol–water partition coefficient (Wildman–Crippen LogP) is 5.10. The van der Waals surface area contributed by atoms with Gasteiger partial charge < -0.3 is 9.84 Å². The number of esters is 1. The van der Waals surface area contributed by atoms with Crippen molar-refractivity contribution in [3.8, 4) is 0 Å². The minimum atomic E-state index is -0.174. The number of allylic oxidation sites excluding steroid dienone is 4. The Morgan fingerprint density at radius 3 is 2.68 bits per heavy atom. The Bertz CT molecular complexity index is 501. The van der Waals surface area contributed by atoms with E-state index in [4.69, 9.17) is 5.11 Å². The largest absolute Gasteiger partial charge is 0.469 e. The quantitative estimate of drug-likeness (QED) is 0.231. The molecular formula is C23H38O4S. The van der Waals surface area contributed by atoms with Crippen LogP contribution in [0.5, 0.6) is 0 Å². The number of ketones is 1. The summed E-state index contributed by atoms with van der Waals surface area (Å²) in [5.41, 5.74) is 0. The van der Waals surface area contributed by atoms with Gasteiger partial charge in [0, 0.05) is 29.8 Å². The summed E-state index contributed by atoms with van der Waals surface area (Å²) in [5.74, 6) is 1.16. The predicted molar refractivity (Wildman–Crippen MR) is 117 cm³/mol. The average molecular weight is 411 g/mol. The molecule has 0 unspecified atom stereocenters. The molecule has 0 radical (unpaired) electrons. The normalized spacial score (nSPS) is 22.5. The van der Waals surface area contributed by atoms with E-state index in [0.29, 0.717) is 24.4 Å². The van der Waals surface area contributed by atoms with Gasteiger partial charge in [-0.2, -0.15) is 11.8 Å². The van der Waals surface area contributed by atoms with Gasteiger partial charge in [-0.25, -0.2) is 0 Å². The molecule has 0 bridgehead atoms. The summed E-state index contributed by atoms with van der Waals surface area (Å²) in [6.07, 6.45) is 18.2. The molecule has 1 aliphatic carbocycles. The van der Waals surface area contributed by atoms with Crippen LogP contribution in [0.15, 0.2) is 24.3 Å². The van der Waals surface area contributed by atoms with Gasteiger partial charge in [-0.05, 0) is 38.0 Å². The van der Waals surface area contributed by atoms with Crippen molar-refractivity contribution in [1.82, 2.24) is 0 Å². The molecule has 0 spiro atoms. The Morgan fingerprint density at radius 2 is 1.96 bits per heavy atom. The van der Waals surface area contributed by atoms with Crippen molar-refractivity contribution in [3.05, 3.63) is 24.3 Å². The Hall–Kier alpha value is -1.07. The molecule has 0 amide bonds. The lowest BCUT2D eigenvalue weighted by Gasteiger charge is -2.19. The van der Waals surface area contributed by atoms with Crippen LogP contribution >= 0.6 is 11.8 Å². The lowest BCUT2D eigenvalue weighted by atomic mass is 9.91. The number of unbranched alkanes of at least 4 members (excludes halogenated alkanes) is 5. The molecular weight excluding hydrogens is 372 g/mol. The summed E-state index contributed by atoms with van der Waals surface area (Å²) in [6.45, 7) is 2.38. The number of hydrogen-bond acceptors (Lipinski definition) is 5. The van der Waals surface area contributed by atoms with Crippen LogP contribution in [0.2, 0.25) is 0 Å². The molecule has 28 heavy (non-hydrogen) atoms. The molecule has 0 saturated heterocycles. The minimum Gasteiger partial charge on any atom is -0.469 e. The van der Waals surface area contributed by atoms with Gasteiger partial charge in [-0.15, -0.1) is 0 Å². The zero-order chi connectivity index (χ0) is 20.6. The summed E-state index contributed by atoms with van der Waals surface area (Å²) >= 11 is 1.73. The standard InChI is InChI=1S/C23H38O4S/c1-3-4-5-6-7-11-14-20-19(21(25)18-22(20)28-17-16-24)13-10-8-9-12-15-23(26)27-2/h8,10-11,14,19-20,22,24H,3-7,9,12-13,15-18H2,1-2H3/b10-8-,14-11+/t19-,20-,22-/m1/s1. The van der Waals surface area contributed by atoms with Crippen molar-refractivity contribution in [2.45, 2.75) is 76.4 Å². The molecule has 0 aromatic carbocycles. The van der Waals surface area contributed by atoms with Gasteiger partial charge in [-0.1, -0.05) is 50.5 Å². The van der Waals surface area contributed by atoms with Crippen molar-refractivity contribution in [2.75, 3.05) is 19.5 Å². The number of thioether (sulfide) groups is 1. The average Bonchev–Trinajstić information content (AvgIpc) is 2.99. The minimum absolute atomic E-state index is 0.0416. The number of aliphatic hydroxyl groups excluding tert-OH is 1. The van der Waals surface area contributed by atoms with Crippen LogP contribution in [-0.4, -0.2) is 41.6 Å². The SMILES string of the molecule is CCCCCC/C=C/[C@H]1[C@H](SCCO)CC(=O)[C@@H]1C/C=C\CCCC(=O)OC. The number of rotatable bonds is 15. The van der Waals surface area contributed by atoms with Gasteiger partial charge in [0.05, 0.1) is 13.7 Å². The van der Waals surface area contributed by atoms with E-state index in [1.807, 2.05) is 0 Å². The molecule has 1 N–H and O–H groups in total. The molecule has 1 fully saturated rings. The maximum Gasteiger partial charge on any atom is 0.305 e. The highest BCUT2D eigenvalue weighted by Gasteiger charge is 2.40. The van der Waals surface area contributed by atoms with Crippen LogP contribution in [0.4, 0.5) is 0 Å². The first-order chi connectivity index (χ1) is 13.6. The molecule has 5 heteroatoms. The lowest BCUT2D eigenvalue weighted by Crippen LogP contribution is -2.17. The van der Waals surface area contributed by atoms with Gasteiger partial charge in [0.15, 0.2) is 0 Å². The molecule has 1 rings (SSSR count). The van der Waals surface area contributed by atoms with Crippen LogP contribution in [0.1, 0.15) is 71.1 Å². The maximum absolute atomic E-state index is 12.6. The number of aliphatic hydroxyl groups is 1. The smallest absolute Gasteiger partial charge is 0.305 e. The van der Waals surface area contributed by atoms with Gasteiger partial charge in [0.1, 0.15) is 5.78 Å². The summed E-state index contributed by atoms with van der Waals surface area (Å²) in [6, 6.07) is 0. The molecule has 0 aromatic heterocycles. The first-order valence-electron chi connectivity index (χ1n) is 10.8. The van der Waals surface area contributed by atoms with Crippen molar-refractivity contribution >= 4 is 23.5 Å². The summed E-state index contributed by atoms with van der Waals surface area (Å²) in [4.78, 5) is 23.7. The van der Waals surface area contributed by atoms with E-state index in [0.717, 1.165) is 25.7 Å². The summed E-state index contributed by atoms with van der Waals surface area (Å²) in [5, 5.41) is 9.44. The molecule has 4 nitrogen and oxygen atoms in total. The van der Waals surface area contributed by atoms with Crippen LogP contribution in [0, 0.1) is 11.8 Å². The van der Waals surface area contributed by atoms with E-state index in [1.165, 1.54) is 32.8 Å². The zero-order valence-electron chi connectivity index (χ0n) is 17.6. The molecule has 0 heterocycles. The number of Topliss-reactive ketones (excluding diaryl/α,β-unsaturated/α-hetero) is 1. The third-order valence-corrected chi connectivity index (χ3v) is 6.58. The molecule has 1 aliphatic rings.